The van der Waals surface area contributed by atoms with E-state index in [1.165, 1.54) is 5.56 Å². The number of amides is 1. The van der Waals surface area contributed by atoms with Gasteiger partial charge in [0.15, 0.2) is 10.8 Å². The van der Waals surface area contributed by atoms with Crippen LogP contribution in [0.5, 0.6) is 0 Å². The summed E-state index contributed by atoms with van der Waals surface area (Å²) in [6, 6.07) is 13.8. The summed E-state index contributed by atoms with van der Waals surface area (Å²) in [5.41, 5.74) is 3.79. The number of benzene rings is 2. The van der Waals surface area contributed by atoms with Gasteiger partial charge in [0.2, 0.25) is 0 Å². The Morgan fingerprint density at radius 2 is 1.79 bits per heavy atom. The van der Waals surface area contributed by atoms with E-state index < -0.39 is 5.54 Å². The summed E-state index contributed by atoms with van der Waals surface area (Å²) in [5.74, 6) is 0.0427. The van der Waals surface area contributed by atoms with Crippen LogP contribution in [0.15, 0.2) is 42.5 Å². The number of carbonyl (C=O) groups is 1. The van der Waals surface area contributed by atoms with Gasteiger partial charge >= 0.3 is 0 Å². The van der Waals surface area contributed by atoms with E-state index >= 15 is 0 Å². The highest BCUT2D eigenvalue weighted by molar-refractivity contribution is 7.81. The highest BCUT2D eigenvalue weighted by Crippen LogP contribution is 2.48. The van der Waals surface area contributed by atoms with Gasteiger partial charge in [0.05, 0.1) is 6.57 Å². The molecule has 148 valence electrons. The first-order chi connectivity index (χ1) is 13.9. The Morgan fingerprint density at radius 1 is 1.14 bits per heavy atom. The minimum absolute atomic E-state index is 0.0427. The van der Waals surface area contributed by atoms with Crippen molar-refractivity contribution in [1.29, 1.82) is 0 Å². The van der Waals surface area contributed by atoms with Gasteiger partial charge in [-0.2, -0.15) is 0 Å². The molecule has 5 nitrogen and oxygen atoms in total. The molecule has 0 unspecified atom stereocenters. The smallest absolute Gasteiger partial charge is 0.259 e. The summed E-state index contributed by atoms with van der Waals surface area (Å²) in [6.45, 7) is 10.0. The second kappa shape index (κ2) is 7.25. The van der Waals surface area contributed by atoms with E-state index in [4.69, 9.17) is 18.8 Å². The van der Waals surface area contributed by atoms with Crippen LogP contribution in [0.25, 0.3) is 4.85 Å². The van der Waals surface area contributed by atoms with Gasteiger partial charge in [-0.15, -0.1) is 0 Å². The summed E-state index contributed by atoms with van der Waals surface area (Å²) in [6.07, 6.45) is 2.63. The fourth-order valence-corrected chi connectivity index (χ4v) is 4.70. The molecule has 2 aromatic rings. The highest BCUT2D eigenvalue weighted by Gasteiger charge is 2.59. The third kappa shape index (κ3) is 3.11. The second-order valence-electron chi connectivity index (χ2n) is 8.13. The average Bonchev–Trinajstić information content (AvgIpc) is 2.89. The predicted octanol–water partition coefficient (Wildman–Crippen LogP) is 4.67. The molecule has 29 heavy (non-hydrogen) atoms. The van der Waals surface area contributed by atoms with Crippen molar-refractivity contribution < 1.29 is 4.79 Å². The molecule has 1 saturated carbocycles. The Balaban J connectivity index is 1.72. The summed E-state index contributed by atoms with van der Waals surface area (Å²) in [4.78, 5) is 22.9. The van der Waals surface area contributed by atoms with E-state index in [2.05, 4.69) is 34.0 Å². The molecule has 1 heterocycles. The van der Waals surface area contributed by atoms with E-state index in [-0.39, 0.29) is 5.91 Å². The first-order valence-corrected chi connectivity index (χ1v) is 10.2. The molecule has 0 radical (unpaired) electrons. The molecule has 2 aromatic carbocycles. The van der Waals surface area contributed by atoms with Crippen molar-refractivity contribution in [2.24, 2.45) is 0 Å². The highest BCUT2D eigenvalue weighted by atomic mass is 32.1. The third-order valence-electron chi connectivity index (χ3n) is 5.84. The van der Waals surface area contributed by atoms with Gasteiger partial charge in [-0.1, -0.05) is 18.2 Å². The summed E-state index contributed by atoms with van der Waals surface area (Å²) < 4.78 is 0. The summed E-state index contributed by atoms with van der Waals surface area (Å²) in [5, 5.41) is 0.519. The number of carbonyl (C=O) groups excluding carboxylic acids is 1. The number of hydrogen-bond acceptors (Lipinski definition) is 3. The number of nitrogens with zero attached hydrogens (tertiary/aromatic N) is 4. The fraction of sp³-hybridized carbons (Fsp3) is 0.348. The van der Waals surface area contributed by atoms with E-state index in [0.29, 0.717) is 10.8 Å². The quantitative estimate of drug-likeness (QED) is 0.547. The zero-order valence-corrected chi connectivity index (χ0v) is 17.8. The Bertz CT molecular complexity index is 1020. The molecule has 2 fully saturated rings. The van der Waals surface area contributed by atoms with Crippen LogP contribution in [0.2, 0.25) is 0 Å². The molecule has 0 N–H and O–H groups in total. The molecule has 1 aliphatic carbocycles. The maximum atomic E-state index is 13.5. The van der Waals surface area contributed by atoms with E-state index in [1.54, 1.807) is 11.0 Å². The second-order valence-corrected chi connectivity index (χ2v) is 8.50. The lowest BCUT2D eigenvalue weighted by molar-refractivity contribution is -0.123. The van der Waals surface area contributed by atoms with Gasteiger partial charge < -0.3 is 9.80 Å². The van der Waals surface area contributed by atoms with Crippen LogP contribution in [0, 0.1) is 13.5 Å². The Labute approximate surface area is 177 Å². The van der Waals surface area contributed by atoms with Crippen LogP contribution in [0.3, 0.4) is 0 Å². The maximum absolute atomic E-state index is 13.5. The van der Waals surface area contributed by atoms with Crippen LogP contribution < -0.4 is 9.80 Å². The molecule has 0 aromatic heterocycles. The van der Waals surface area contributed by atoms with Gasteiger partial charge in [0, 0.05) is 17.9 Å². The molecule has 0 atom stereocenters. The monoisotopic (exact) mass is 404 g/mol. The number of aryl methyl sites for hydroxylation is 1. The molecule has 1 aliphatic heterocycles. The van der Waals surface area contributed by atoms with Crippen LogP contribution >= 0.6 is 12.2 Å². The lowest BCUT2D eigenvalue weighted by Crippen LogP contribution is -2.55. The van der Waals surface area contributed by atoms with Crippen LogP contribution in [0.4, 0.5) is 17.1 Å². The molecule has 2 aliphatic rings. The molecule has 6 heteroatoms. The number of thiocarbonyl (C=S) groups is 1. The largest absolute Gasteiger partial charge is 0.305 e. The number of anilines is 2. The first kappa shape index (κ1) is 19.6. The van der Waals surface area contributed by atoms with Crippen molar-refractivity contribution >= 4 is 40.3 Å². The average molecular weight is 405 g/mol. The Kier molecular flexibility index (Phi) is 4.89. The SMILES string of the molecule is [C-]#[N+]c1ccc(N2C(=O)C3(CCC3)N(c3ccc(CN(C)C)cc3)C2=S)cc1C. The predicted molar refractivity (Wildman–Crippen MR) is 120 cm³/mol. The van der Waals surface area contributed by atoms with Gasteiger partial charge in [-0.3, -0.25) is 9.69 Å². The topological polar surface area (TPSA) is 31.2 Å². The summed E-state index contributed by atoms with van der Waals surface area (Å²) >= 11 is 5.82. The standard InChI is InChI=1S/C23H24N4OS/c1-16-14-19(10-11-20(16)24-2)26-21(28)23(12-5-13-23)27(22(26)29)18-8-6-17(7-9-18)15-25(3)4/h6-11,14H,5,12-13,15H2,1,3-4H3. The van der Waals surface area contributed by atoms with Gasteiger partial charge in [-0.25, -0.2) is 4.85 Å². The summed E-state index contributed by atoms with van der Waals surface area (Å²) in [7, 11) is 4.09. The Morgan fingerprint density at radius 3 is 2.31 bits per heavy atom. The molecule has 1 saturated heterocycles. The zero-order chi connectivity index (χ0) is 20.8. The van der Waals surface area contributed by atoms with Gasteiger partial charge in [0.25, 0.3) is 5.91 Å². The van der Waals surface area contributed by atoms with E-state index in [0.717, 1.165) is 42.7 Å². The minimum Gasteiger partial charge on any atom is -0.305 e. The van der Waals surface area contributed by atoms with Crippen LogP contribution in [0.1, 0.15) is 30.4 Å². The third-order valence-corrected chi connectivity index (χ3v) is 6.21. The minimum atomic E-state index is -0.577. The van der Waals surface area contributed by atoms with Crippen LogP contribution in [-0.4, -0.2) is 35.6 Å². The van der Waals surface area contributed by atoms with E-state index in [9.17, 15) is 4.79 Å². The molecule has 0 bridgehead atoms. The van der Waals surface area contributed by atoms with E-state index in [1.807, 2.05) is 38.1 Å². The maximum Gasteiger partial charge on any atom is 0.259 e. The Hall–Kier alpha value is -2.75. The number of hydrogen-bond donors (Lipinski definition) is 0. The van der Waals surface area contributed by atoms with Crippen molar-refractivity contribution in [3.8, 4) is 0 Å². The molecule has 1 amide bonds. The number of rotatable bonds is 4. The lowest BCUT2D eigenvalue weighted by Gasteiger charge is -2.43. The van der Waals surface area contributed by atoms with Gasteiger partial charge in [-0.05, 0) is 87.9 Å². The molecule has 1 spiro atoms. The first-order valence-electron chi connectivity index (χ1n) is 9.78. The lowest BCUT2D eigenvalue weighted by atomic mass is 9.75. The molecular formula is C23H24N4OS. The molecular weight excluding hydrogens is 380 g/mol. The van der Waals surface area contributed by atoms with Crippen molar-refractivity contribution in [3.05, 3.63) is 65.0 Å². The van der Waals surface area contributed by atoms with Crippen molar-refractivity contribution in [1.82, 2.24) is 4.90 Å². The molecule has 4 rings (SSSR count). The van der Waals surface area contributed by atoms with Gasteiger partial charge in [0.1, 0.15) is 5.54 Å². The van der Waals surface area contributed by atoms with Crippen molar-refractivity contribution in [2.45, 2.75) is 38.3 Å². The van der Waals surface area contributed by atoms with Crippen LogP contribution in [-0.2, 0) is 11.3 Å². The zero-order valence-electron chi connectivity index (χ0n) is 17.0. The van der Waals surface area contributed by atoms with Crippen molar-refractivity contribution in [2.75, 3.05) is 23.9 Å². The fourth-order valence-electron chi connectivity index (χ4n) is 4.23. The van der Waals surface area contributed by atoms with Crippen molar-refractivity contribution in [3.63, 3.8) is 0 Å². The normalized spacial score (nSPS) is 17.8.